The van der Waals surface area contributed by atoms with Gasteiger partial charge >= 0.3 is 6.03 Å². The van der Waals surface area contributed by atoms with Crippen molar-refractivity contribution >= 4 is 6.03 Å². The zero-order valence-corrected chi connectivity index (χ0v) is 16.6. The normalized spacial score (nSPS) is 21.7. The molecule has 2 saturated heterocycles. The van der Waals surface area contributed by atoms with Crippen LogP contribution in [0.5, 0.6) is 0 Å². The lowest BCUT2D eigenvalue weighted by Gasteiger charge is -2.32. The summed E-state index contributed by atoms with van der Waals surface area (Å²) < 4.78 is 0. The number of nitrogens with zero attached hydrogens (tertiary/aromatic N) is 1. The summed E-state index contributed by atoms with van der Waals surface area (Å²) in [7, 11) is 0. The van der Waals surface area contributed by atoms with Crippen molar-refractivity contribution in [1.82, 2.24) is 20.9 Å². The quantitative estimate of drug-likeness (QED) is 0.658. The number of nitrogens with one attached hydrogen (secondary N) is 3. The molecule has 150 valence electrons. The van der Waals surface area contributed by atoms with E-state index in [4.69, 9.17) is 0 Å². The first-order valence-corrected chi connectivity index (χ1v) is 10.8. The molecule has 2 fully saturated rings. The van der Waals surface area contributed by atoms with Crippen molar-refractivity contribution in [3.05, 3.63) is 35.9 Å². The summed E-state index contributed by atoms with van der Waals surface area (Å²) in [6.45, 7) is 6.13. The Bertz CT molecular complexity index is 537. The average molecular weight is 373 g/mol. The minimum absolute atomic E-state index is 0.00248. The maximum atomic E-state index is 12.0. The molecule has 1 aromatic rings. The van der Waals surface area contributed by atoms with Gasteiger partial charge in [-0.05, 0) is 69.6 Å². The highest BCUT2D eigenvalue weighted by molar-refractivity contribution is 5.73. The molecule has 2 heterocycles. The van der Waals surface area contributed by atoms with Crippen LogP contribution < -0.4 is 16.0 Å². The highest BCUT2D eigenvalue weighted by Gasteiger charge is 2.19. The average Bonchev–Trinajstić information content (AvgIpc) is 2.73. The lowest BCUT2D eigenvalue weighted by Crippen LogP contribution is -2.43. The molecular weight excluding hydrogens is 336 g/mol. The van der Waals surface area contributed by atoms with Crippen molar-refractivity contribution in [3.8, 4) is 0 Å². The molecule has 2 amide bonds. The van der Waals surface area contributed by atoms with Gasteiger partial charge in [0.1, 0.15) is 0 Å². The highest BCUT2D eigenvalue weighted by Crippen LogP contribution is 2.17. The largest absolute Gasteiger partial charge is 0.338 e. The van der Waals surface area contributed by atoms with Gasteiger partial charge in [0.05, 0.1) is 0 Å². The molecule has 2 aliphatic heterocycles. The van der Waals surface area contributed by atoms with Crippen LogP contribution in [-0.2, 0) is 6.42 Å². The fourth-order valence-electron chi connectivity index (χ4n) is 4.18. The third-order valence-electron chi connectivity index (χ3n) is 6.01. The Hall–Kier alpha value is -1.59. The molecule has 0 bridgehead atoms. The molecule has 0 aliphatic carbocycles. The summed E-state index contributed by atoms with van der Waals surface area (Å²) in [6.07, 6.45) is 8.37. The summed E-state index contributed by atoms with van der Waals surface area (Å²) in [5, 5.41) is 9.62. The number of hydrogen-bond acceptors (Lipinski definition) is 3. The zero-order chi connectivity index (χ0) is 18.7. The number of piperidine rings is 2. The Morgan fingerprint density at radius 1 is 1.07 bits per heavy atom. The predicted octanol–water partition coefficient (Wildman–Crippen LogP) is 2.77. The summed E-state index contributed by atoms with van der Waals surface area (Å²) in [6, 6.07) is 11.3. The van der Waals surface area contributed by atoms with Crippen LogP contribution in [0.15, 0.2) is 30.3 Å². The van der Waals surface area contributed by atoms with Crippen LogP contribution in [0.4, 0.5) is 4.79 Å². The van der Waals surface area contributed by atoms with Crippen LogP contribution >= 0.6 is 0 Å². The number of amides is 2. The van der Waals surface area contributed by atoms with Crippen molar-refractivity contribution in [2.45, 2.75) is 51.0 Å². The van der Waals surface area contributed by atoms with E-state index in [1.165, 1.54) is 37.7 Å². The monoisotopic (exact) mass is 372 g/mol. The van der Waals surface area contributed by atoms with E-state index in [0.717, 1.165) is 52.1 Å². The molecule has 0 saturated carbocycles. The van der Waals surface area contributed by atoms with E-state index < -0.39 is 0 Å². The molecule has 3 N–H and O–H groups in total. The molecule has 27 heavy (non-hydrogen) atoms. The third kappa shape index (κ3) is 7.51. The van der Waals surface area contributed by atoms with Crippen LogP contribution in [0.1, 0.15) is 44.1 Å². The van der Waals surface area contributed by atoms with Gasteiger partial charge in [-0.15, -0.1) is 0 Å². The first-order chi connectivity index (χ1) is 13.3. The maximum absolute atomic E-state index is 12.0. The number of rotatable bonds is 8. The molecule has 1 atom stereocenters. The predicted molar refractivity (Wildman–Crippen MR) is 111 cm³/mol. The van der Waals surface area contributed by atoms with E-state index in [2.05, 4.69) is 51.2 Å². The lowest BCUT2D eigenvalue weighted by molar-refractivity contribution is 0.183. The van der Waals surface area contributed by atoms with Crippen LogP contribution in [0, 0.1) is 5.92 Å². The van der Waals surface area contributed by atoms with E-state index in [-0.39, 0.29) is 6.03 Å². The number of likely N-dealkylation sites (tertiary alicyclic amines) is 1. The Labute approximate surface area is 164 Å². The molecule has 2 aliphatic rings. The van der Waals surface area contributed by atoms with Crippen LogP contribution in [0.3, 0.4) is 0 Å². The fraction of sp³-hybridized carbons (Fsp3) is 0.682. The van der Waals surface area contributed by atoms with E-state index in [0.29, 0.717) is 12.0 Å². The summed E-state index contributed by atoms with van der Waals surface area (Å²) in [5.74, 6) is 0.615. The third-order valence-corrected chi connectivity index (χ3v) is 6.01. The van der Waals surface area contributed by atoms with Gasteiger partial charge in [-0.2, -0.15) is 0 Å². The van der Waals surface area contributed by atoms with Gasteiger partial charge in [0.25, 0.3) is 0 Å². The number of carbonyl (C=O) groups excluding carboxylic acids is 1. The Morgan fingerprint density at radius 2 is 1.89 bits per heavy atom. The van der Waals surface area contributed by atoms with E-state index in [1.807, 2.05) is 0 Å². The SMILES string of the molecule is O=C(NCCC1CCCCN1)NCC1CCN(CCc2ccccc2)CC1. The smallest absolute Gasteiger partial charge is 0.314 e. The second-order valence-electron chi connectivity index (χ2n) is 8.09. The minimum atomic E-state index is -0.00248. The summed E-state index contributed by atoms with van der Waals surface area (Å²) in [5.41, 5.74) is 1.42. The van der Waals surface area contributed by atoms with Gasteiger partial charge in [0.2, 0.25) is 0 Å². The standard InChI is InChI=1S/C22H36N4O/c27-22(24-14-9-21-8-4-5-13-23-21)25-18-20-11-16-26(17-12-20)15-10-19-6-2-1-3-7-19/h1-3,6-7,20-21,23H,4-5,8-18H2,(H2,24,25,27). The van der Waals surface area contributed by atoms with Crippen molar-refractivity contribution in [2.24, 2.45) is 5.92 Å². The van der Waals surface area contributed by atoms with E-state index in [9.17, 15) is 4.79 Å². The van der Waals surface area contributed by atoms with Crippen molar-refractivity contribution in [2.75, 3.05) is 39.3 Å². The van der Waals surface area contributed by atoms with Crippen LogP contribution in [0.25, 0.3) is 0 Å². The summed E-state index contributed by atoms with van der Waals surface area (Å²) >= 11 is 0. The number of urea groups is 1. The molecule has 1 aromatic carbocycles. The van der Waals surface area contributed by atoms with Crippen molar-refractivity contribution < 1.29 is 4.79 Å². The fourth-order valence-corrected chi connectivity index (χ4v) is 4.18. The molecule has 1 unspecified atom stereocenters. The van der Waals surface area contributed by atoms with Gasteiger partial charge in [-0.25, -0.2) is 4.79 Å². The zero-order valence-electron chi connectivity index (χ0n) is 16.6. The number of hydrogen-bond donors (Lipinski definition) is 3. The molecule has 3 rings (SSSR count). The van der Waals surface area contributed by atoms with E-state index in [1.54, 1.807) is 0 Å². The molecule has 0 aromatic heterocycles. The Morgan fingerprint density at radius 3 is 2.63 bits per heavy atom. The van der Waals surface area contributed by atoms with Crippen LogP contribution in [-0.4, -0.2) is 56.2 Å². The molecular formula is C22H36N4O. The molecule has 5 nitrogen and oxygen atoms in total. The van der Waals surface area contributed by atoms with Gasteiger partial charge in [0.15, 0.2) is 0 Å². The van der Waals surface area contributed by atoms with Gasteiger partial charge in [-0.3, -0.25) is 0 Å². The van der Waals surface area contributed by atoms with Gasteiger partial charge in [-0.1, -0.05) is 36.8 Å². The number of benzene rings is 1. The summed E-state index contributed by atoms with van der Waals surface area (Å²) in [4.78, 5) is 14.6. The van der Waals surface area contributed by atoms with E-state index >= 15 is 0 Å². The Balaban J connectivity index is 1.22. The Kier molecular flexibility index (Phi) is 8.43. The molecule has 5 heteroatoms. The minimum Gasteiger partial charge on any atom is -0.338 e. The van der Waals surface area contributed by atoms with Gasteiger partial charge < -0.3 is 20.9 Å². The topological polar surface area (TPSA) is 56.4 Å². The number of carbonyl (C=O) groups is 1. The first-order valence-electron chi connectivity index (χ1n) is 10.8. The first kappa shape index (κ1) is 20.2. The van der Waals surface area contributed by atoms with Crippen molar-refractivity contribution in [3.63, 3.8) is 0 Å². The van der Waals surface area contributed by atoms with Crippen molar-refractivity contribution in [1.29, 1.82) is 0 Å². The van der Waals surface area contributed by atoms with Gasteiger partial charge in [0, 0.05) is 25.7 Å². The lowest BCUT2D eigenvalue weighted by atomic mass is 9.96. The second kappa shape index (κ2) is 11.3. The maximum Gasteiger partial charge on any atom is 0.314 e. The molecule has 0 spiro atoms. The molecule has 0 radical (unpaired) electrons. The second-order valence-corrected chi connectivity index (χ2v) is 8.09. The highest BCUT2D eigenvalue weighted by atomic mass is 16.2. The van der Waals surface area contributed by atoms with Crippen LogP contribution in [0.2, 0.25) is 0 Å².